The quantitative estimate of drug-likeness (QED) is 0.606. The standard InChI is InChI=1S/C20H19F3N4O4/c1-28-15-8-5-12(9-16(15)29-2)17-14(10-24-26-17)19-25-18(27-31-19)11-3-6-13(7-4-11)30-20(21,22)23/h3-9,14,17,24,26H,10H2,1-2H3. The second kappa shape index (κ2) is 8.44. The van der Waals surface area contributed by atoms with E-state index in [0.29, 0.717) is 29.5 Å². The highest BCUT2D eigenvalue weighted by molar-refractivity contribution is 5.55. The van der Waals surface area contributed by atoms with Crippen LogP contribution in [-0.4, -0.2) is 37.3 Å². The van der Waals surface area contributed by atoms with Crippen LogP contribution >= 0.6 is 0 Å². The molecule has 0 aliphatic carbocycles. The first-order valence-electron chi connectivity index (χ1n) is 9.28. The molecular formula is C20H19F3N4O4. The normalized spacial score (nSPS) is 18.7. The molecule has 4 rings (SSSR count). The molecule has 1 aromatic heterocycles. The number of nitrogens with zero attached hydrogens (tertiary/aromatic N) is 2. The van der Waals surface area contributed by atoms with E-state index < -0.39 is 6.36 Å². The van der Waals surface area contributed by atoms with Gasteiger partial charge in [-0.05, 0) is 42.0 Å². The molecule has 2 heterocycles. The van der Waals surface area contributed by atoms with Crippen molar-refractivity contribution in [2.75, 3.05) is 20.8 Å². The summed E-state index contributed by atoms with van der Waals surface area (Å²) in [6.07, 6.45) is -4.75. The average Bonchev–Trinajstić information content (AvgIpc) is 3.42. The zero-order valence-electron chi connectivity index (χ0n) is 16.6. The van der Waals surface area contributed by atoms with Gasteiger partial charge in [0.1, 0.15) is 5.75 Å². The van der Waals surface area contributed by atoms with Crippen molar-refractivity contribution in [1.29, 1.82) is 0 Å². The van der Waals surface area contributed by atoms with Gasteiger partial charge in [0, 0.05) is 12.1 Å². The molecule has 2 unspecified atom stereocenters. The first-order valence-corrected chi connectivity index (χ1v) is 9.28. The van der Waals surface area contributed by atoms with Gasteiger partial charge in [-0.2, -0.15) is 4.98 Å². The third-order valence-electron chi connectivity index (χ3n) is 4.85. The summed E-state index contributed by atoms with van der Waals surface area (Å²) in [4.78, 5) is 4.44. The number of hydrogen-bond donors (Lipinski definition) is 2. The molecule has 1 aliphatic heterocycles. The van der Waals surface area contributed by atoms with E-state index in [1.54, 1.807) is 14.2 Å². The Kier molecular flexibility index (Phi) is 5.70. The zero-order valence-corrected chi connectivity index (χ0v) is 16.6. The molecule has 0 radical (unpaired) electrons. The number of benzene rings is 2. The van der Waals surface area contributed by atoms with Crippen molar-refractivity contribution < 1.29 is 31.9 Å². The van der Waals surface area contributed by atoms with E-state index in [9.17, 15) is 13.2 Å². The first kappa shape index (κ1) is 20.9. The molecule has 8 nitrogen and oxygen atoms in total. The Balaban J connectivity index is 1.54. The lowest BCUT2D eigenvalue weighted by molar-refractivity contribution is -0.274. The molecule has 31 heavy (non-hydrogen) atoms. The van der Waals surface area contributed by atoms with Gasteiger partial charge in [-0.15, -0.1) is 13.2 Å². The molecule has 0 saturated carbocycles. The van der Waals surface area contributed by atoms with Crippen molar-refractivity contribution in [3.8, 4) is 28.6 Å². The summed E-state index contributed by atoms with van der Waals surface area (Å²) in [7, 11) is 3.13. The third-order valence-corrected chi connectivity index (χ3v) is 4.85. The van der Waals surface area contributed by atoms with Gasteiger partial charge < -0.3 is 18.7 Å². The number of hydrogen-bond acceptors (Lipinski definition) is 8. The fourth-order valence-corrected chi connectivity index (χ4v) is 3.40. The van der Waals surface area contributed by atoms with Crippen LogP contribution in [0.5, 0.6) is 17.2 Å². The number of ether oxygens (including phenoxy) is 3. The Morgan fingerprint density at radius 1 is 1.03 bits per heavy atom. The van der Waals surface area contributed by atoms with E-state index in [1.165, 1.54) is 24.3 Å². The molecule has 3 aromatic rings. The van der Waals surface area contributed by atoms with E-state index in [4.69, 9.17) is 14.0 Å². The minimum Gasteiger partial charge on any atom is -0.493 e. The lowest BCUT2D eigenvalue weighted by Crippen LogP contribution is -2.24. The smallest absolute Gasteiger partial charge is 0.493 e. The number of rotatable bonds is 6. The topological polar surface area (TPSA) is 90.7 Å². The van der Waals surface area contributed by atoms with Crippen molar-refractivity contribution in [3.63, 3.8) is 0 Å². The molecule has 1 saturated heterocycles. The van der Waals surface area contributed by atoms with Gasteiger partial charge >= 0.3 is 6.36 Å². The van der Waals surface area contributed by atoms with Crippen molar-refractivity contribution in [2.45, 2.75) is 18.3 Å². The second-order valence-electron chi connectivity index (χ2n) is 6.75. The van der Waals surface area contributed by atoms with Crippen molar-refractivity contribution in [2.24, 2.45) is 0 Å². The molecule has 2 atom stereocenters. The fraction of sp³-hybridized carbons (Fsp3) is 0.300. The minimum absolute atomic E-state index is 0.171. The monoisotopic (exact) mass is 436 g/mol. The van der Waals surface area contributed by atoms with E-state index in [-0.39, 0.29) is 23.5 Å². The summed E-state index contributed by atoms with van der Waals surface area (Å²) in [6, 6.07) is 10.7. The summed E-state index contributed by atoms with van der Waals surface area (Å²) in [6.45, 7) is 0.541. The Labute approximate surface area is 175 Å². The van der Waals surface area contributed by atoms with Crippen LogP contribution in [0, 0.1) is 0 Å². The fourth-order valence-electron chi connectivity index (χ4n) is 3.40. The summed E-state index contributed by atoms with van der Waals surface area (Å²) >= 11 is 0. The molecule has 11 heteroatoms. The summed E-state index contributed by atoms with van der Waals surface area (Å²) in [5.41, 5.74) is 7.72. The van der Waals surface area contributed by atoms with Crippen LogP contribution in [0.25, 0.3) is 11.4 Å². The number of alkyl halides is 3. The second-order valence-corrected chi connectivity index (χ2v) is 6.75. The van der Waals surface area contributed by atoms with Gasteiger partial charge in [-0.1, -0.05) is 11.2 Å². The largest absolute Gasteiger partial charge is 0.573 e. The summed E-state index contributed by atoms with van der Waals surface area (Å²) in [5.74, 6) is 1.38. The van der Waals surface area contributed by atoms with Gasteiger partial charge in [0.25, 0.3) is 0 Å². The van der Waals surface area contributed by atoms with E-state index in [0.717, 1.165) is 5.56 Å². The molecule has 1 aliphatic rings. The Morgan fingerprint density at radius 2 is 1.77 bits per heavy atom. The predicted octanol–water partition coefficient (Wildman–Crippen LogP) is 3.59. The zero-order chi connectivity index (χ0) is 22.0. The van der Waals surface area contributed by atoms with Crippen molar-refractivity contribution in [3.05, 3.63) is 53.9 Å². The summed E-state index contributed by atoms with van der Waals surface area (Å²) < 4.78 is 56.9. The highest BCUT2D eigenvalue weighted by Gasteiger charge is 2.35. The van der Waals surface area contributed by atoms with Gasteiger partial charge in [0.05, 0.1) is 26.2 Å². The predicted molar refractivity (Wildman–Crippen MR) is 103 cm³/mol. The lowest BCUT2D eigenvalue weighted by atomic mass is 9.94. The Bertz CT molecular complexity index is 1040. The highest BCUT2D eigenvalue weighted by Crippen LogP contribution is 2.37. The number of halogens is 3. The van der Waals surface area contributed by atoms with Gasteiger partial charge in [0.2, 0.25) is 11.7 Å². The summed E-state index contributed by atoms with van der Waals surface area (Å²) in [5, 5.41) is 3.98. The van der Waals surface area contributed by atoms with Crippen LogP contribution < -0.4 is 25.1 Å². The molecule has 2 aromatic carbocycles. The third kappa shape index (κ3) is 4.57. The maximum Gasteiger partial charge on any atom is 0.573 e. The van der Waals surface area contributed by atoms with Gasteiger partial charge in [-0.25, -0.2) is 5.43 Å². The molecule has 0 amide bonds. The molecule has 2 N–H and O–H groups in total. The molecule has 0 bridgehead atoms. The lowest BCUT2D eigenvalue weighted by Gasteiger charge is -2.17. The highest BCUT2D eigenvalue weighted by atomic mass is 19.4. The maximum atomic E-state index is 12.3. The number of methoxy groups -OCH3 is 2. The van der Waals surface area contributed by atoms with Gasteiger partial charge in [0.15, 0.2) is 11.5 Å². The van der Waals surface area contributed by atoms with Crippen LogP contribution in [0.15, 0.2) is 47.0 Å². The van der Waals surface area contributed by atoms with Crippen LogP contribution in [0.3, 0.4) is 0 Å². The first-order chi connectivity index (χ1) is 14.9. The number of nitrogens with one attached hydrogen (secondary N) is 2. The molecule has 164 valence electrons. The van der Waals surface area contributed by atoms with Crippen LogP contribution in [-0.2, 0) is 0 Å². The Hall–Kier alpha value is -3.31. The maximum absolute atomic E-state index is 12.3. The van der Waals surface area contributed by atoms with E-state index in [2.05, 4.69) is 25.7 Å². The number of hydrazine groups is 1. The average molecular weight is 436 g/mol. The van der Waals surface area contributed by atoms with Gasteiger partial charge in [-0.3, -0.25) is 5.43 Å². The van der Waals surface area contributed by atoms with Crippen molar-refractivity contribution >= 4 is 0 Å². The van der Waals surface area contributed by atoms with Crippen LogP contribution in [0.4, 0.5) is 13.2 Å². The molecule has 0 spiro atoms. The van der Waals surface area contributed by atoms with Crippen molar-refractivity contribution in [1.82, 2.24) is 21.0 Å². The molecular weight excluding hydrogens is 417 g/mol. The molecule has 1 fully saturated rings. The van der Waals surface area contributed by atoms with E-state index >= 15 is 0 Å². The van der Waals surface area contributed by atoms with Crippen LogP contribution in [0.2, 0.25) is 0 Å². The minimum atomic E-state index is -4.75. The number of aromatic nitrogens is 2. The van der Waals surface area contributed by atoms with E-state index in [1.807, 2.05) is 18.2 Å². The van der Waals surface area contributed by atoms with Crippen LogP contribution in [0.1, 0.15) is 23.4 Å². The Morgan fingerprint density at radius 3 is 2.45 bits per heavy atom. The SMILES string of the molecule is COc1ccc(C2NNCC2c2nc(-c3ccc(OC(F)(F)F)cc3)no2)cc1OC.